The van der Waals surface area contributed by atoms with Crippen molar-refractivity contribution in [2.24, 2.45) is 0 Å². The lowest BCUT2D eigenvalue weighted by molar-refractivity contribution is 0.0955. The summed E-state index contributed by atoms with van der Waals surface area (Å²) < 4.78 is 0. The first-order chi connectivity index (χ1) is 8.66. The molecular formula is C15H17NOS. The Kier molecular flexibility index (Phi) is 4.15. The van der Waals surface area contributed by atoms with Crippen LogP contribution in [-0.2, 0) is 6.54 Å². The summed E-state index contributed by atoms with van der Waals surface area (Å²) >= 11 is 1.46. The van der Waals surface area contributed by atoms with Crippen molar-refractivity contribution in [1.29, 1.82) is 0 Å². The van der Waals surface area contributed by atoms with E-state index < -0.39 is 0 Å². The van der Waals surface area contributed by atoms with Gasteiger partial charge in [0, 0.05) is 6.54 Å². The molecule has 0 spiro atoms. The maximum absolute atomic E-state index is 11.8. The number of carbonyl (C=O) groups is 1. The number of hydrogen-bond acceptors (Lipinski definition) is 2. The largest absolute Gasteiger partial charge is 0.347 e. The average Bonchev–Trinajstić information content (AvgIpc) is 2.90. The van der Waals surface area contributed by atoms with Crippen molar-refractivity contribution < 1.29 is 4.79 Å². The molecule has 94 valence electrons. The molecule has 0 saturated heterocycles. The summed E-state index contributed by atoms with van der Waals surface area (Å²) in [5, 5.41) is 4.83. The second kappa shape index (κ2) is 5.83. The topological polar surface area (TPSA) is 29.1 Å². The van der Waals surface area contributed by atoms with E-state index in [2.05, 4.69) is 43.4 Å². The van der Waals surface area contributed by atoms with Crippen LogP contribution in [0.5, 0.6) is 0 Å². The van der Waals surface area contributed by atoms with Crippen LogP contribution in [0, 0.1) is 0 Å². The van der Waals surface area contributed by atoms with Gasteiger partial charge in [-0.1, -0.05) is 44.2 Å². The van der Waals surface area contributed by atoms with Crippen LogP contribution in [0.2, 0.25) is 0 Å². The van der Waals surface area contributed by atoms with E-state index in [0.29, 0.717) is 12.5 Å². The maximum atomic E-state index is 11.8. The van der Waals surface area contributed by atoms with Crippen molar-refractivity contribution in [3.8, 4) is 0 Å². The third kappa shape index (κ3) is 3.20. The highest BCUT2D eigenvalue weighted by Gasteiger charge is 2.05. The van der Waals surface area contributed by atoms with Crippen molar-refractivity contribution in [3.63, 3.8) is 0 Å². The molecule has 0 aliphatic carbocycles. The van der Waals surface area contributed by atoms with Gasteiger partial charge in [-0.2, -0.15) is 0 Å². The molecule has 0 unspecified atom stereocenters. The van der Waals surface area contributed by atoms with Gasteiger partial charge < -0.3 is 5.32 Å². The SMILES string of the molecule is CC(C)c1ccc(CNC(=O)c2cccs2)cc1. The molecule has 0 atom stereocenters. The molecule has 2 nitrogen and oxygen atoms in total. The Balaban J connectivity index is 1.92. The van der Waals surface area contributed by atoms with Crippen LogP contribution in [0.3, 0.4) is 0 Å². The summed E-state index contributed by atoms with van der Waals surface area (Å²) in [5.74, 6) is 0.540. The van der Waals surface area contributed by atoms with Gasteiger partial charge >= 0.3 is 0 Å². The van der Waals surface area contributed by atoms with E-state index in [0.717, 1.165) is 10.4 Å². The first-order valence-electron chi connectivity index (χ1n) is 6.07. The Morgan fingerprint density at radius 2 is 1.94 bits per heavy atom. The summed E-state index contributed by atoms with van der Waals surface area (Å²) in [6.45, 7) is 4.93. The summed E-state index contributed by atoms with van der Waals surface area (Å²) in [4.78, 5) is 12.5. The lowest BCUT2D eigenvalue weighted by Gasteiger charge is -2.07. The molecule has 1 aromatic carbocycles. The minimum Gasteiger partial charge on any atom is -0.347 e. The second-order valence-electron chi connectivity index (χ2n) is 4.56. The zero-order valence-corrected chi connectivity index (χ0v) is 11.5. The van der Waals surface area contributed by atoms with E-state index in [1.807, 2.05) is 17.5 Å². The van der Waals surface area contributed by atoms with Gasteiger partial charge in [-0.15, -0.1) is 11.3 Å². The summed E-state index contributed by atoms with van der Waals surface area (Å²) in [6.07, 6.45) is 0. The van der Waals surface area contributed by atoms with Crippen LogP contribution < -0.4 is 5.32 Å². The van der Waals surface area contributed by atoms with Crippen LogP contribution in [0.25, 0.3) is 0 Å². The Labute approximate surface area is 112 Å². The first kappa shape index (κ1) is 12.8. The predicted molar refractivity (Wildman–Crippen MR) is 76.0 cm³/mol. The van der Waals surface area contributed by atoms with Crippen LogP contribution in [0.1, 0.15) is 40.6 Å². The molecule has 0 aliphatic heterocycles. The fourth-order valence-electron chi connectivity index (χ4n) is 1.70. The second-order valence-corrected chi connectivity index (χ2v) is 5.50. The van der Waals surface area contributed by atoms with E-state index >= 15 is 0 Å². The van der Waals surface area contributed by atoms with E-state index in [9.17, 15) is 4.79 Å². The van der Waals surface area contributed by atoms with Crippen molar-refractivity contribution in [1.82, 2.24) is 5.32 Å². The van der Waals surface area contributed by atoms with E-state index in [-0.39, 0.29) is 5.91 Å². The van der Waals surface area contributed by atoms with Gasteiger partial charge in [-0.25, -0.2) is 0 Å². The normalized spacial score (nSPS) is 10.6. The van der Waals surface area contributed by atoms with Crippen LogP contribution >= 0.6 is 11.3 Å². The minimum atomic E-state index is -0.00191. The molecule has 1 heterocycles. The number of rotatable bonds is 4. The minimum absolute atomic E-state index is 0.00191. The number of hydrogen-bond donors (Lipinski definition) is 1. The number of benzene rings is 1. The van der Waals surface area contributed by atoms with Gasteiger partial charge in [-0.3, -0.25) is 4.79 Å². The fraction of sp³-hybridized carbons (Fsp3) is 0.267. The van der Waals surface area contributed by atoms with Crippen LogP contribution in [-0.4, -0.2) is 5.91 Å². The van der Waals surface area contributed by atoms with Crippen molar-refractivity contribution in [2.45, 2.75) is 26.3 Å². The first-order valence-corrected chi connectivity index (χ1v) is 6.95. The van der Waals surface area contributed by atoms with Crippen molar-refractivity contribution in [2.75, 3.05) is 0 Å². The standard InChI is InChI=1S/C15H17NOS/c1-11(2)13-7-5-12(6-8-13)10-16-15(17)14-4-3-9-18-14/h3-9,11H,10H2,1-2H3,(H,16,17). The third-order valence-electron chi connectivity index (χ3n) is 2.84. The molecular weight excluding hydrogens is 242 g/mol. The highest BCUT2D eigenvalue weighted by molar-refractivity contribution is 7.12. The number of thiophene rings is 1. The summed E-state index contributed by atoms with van der Waals surface area (Å²) in [6, 6.07) is 12.1. The van der Waals surface area contributed by atoms with Gasteiger partial charge in [0.25, 0.3) is 5.91 Å². The molecule has 0 aliphatic rings. The Bertz CT molecular complexity index is 500. The Hall–Kier alpha value is -1.61. The molecule has 1 aromatic heterocycles. The number of carbonyl (C=O) groups excluding carboxylic acids is 1. The van der Waals surface area contributed by atoms with Crippen molar-refractivity contribution >= 4 is 17.2 Å². The molecule has 2 aromatic rings. The molecule has 18 heavy (non-hydrogen) atoms. The molecule has 0 bridgehead atoms. The van der Waals surface area contributed by atoms with Crippen LogP contribution in [0.15, 0.2) is 41.8 Å². The monoisotopic (exact) mass is 259 g/mol. The molecule has 2 rings (SSSR count). The molecule has 1 N–H and O–H groups in total. The van der Waals surface area contributed by atoms with Crippen molar-refractivity contribution in [3.05, 3.63) is 57.8 Å². The number of amides is 1. The van der Waals surface area contributed by atoms with Gasteiger partial charge in [0.15, 0.2) is 0 Å². The molecule has 1 amide bonds. The molecule has 0 fully saturated rings. The zero-order chi connectivity index (χ0) is 13.0. The number of nitrogens with one attached hydrogen (secondary N) is 1. The maximum Gasteiger partial charge on any atom is 0.261 e. The average molecular weight is 259 g/mol. The van der Waals surface area contributed by atoms with Gasteiger partial charge in [-0.05, 0) is 28.5 Å². The lowest BCUT2D eigenvalue weighted by atomic mass is 10.0. The molecule has 3 heteroatoms. The quantitative estimate of drug-likeness (QED) is 0.889. The third-order valence-corrected chi connectivity index (χ3v) is 3.71. The Morgan fingerprint density at radius 3 is 2.50 bits per heavy atom. The predicted octanol–water partition coefficient (Wildman–Crippen LogP) is 3.80. The van der Waals surface area contributed by atoms with E-state index in [4.69, 9.17) is 0 Å². The summed E-state index contributed by atoms with van der Waals surface area (Å²) in [7, 11) is 0. The fourth-order valence-corrected chi connectivity index (χ4v) is 2.34. The van der Waals surface area contributed by atoms with Crippen LogP contribution in [0.4, 0.5) is 0 Å². The smallest absolute Gasteiger partial charge is 0.261 e. The van der Waals surface area contributed by atoms with Gasteiger partial charge in [0.2, 0.25) is 0 Å². The highest BCUT2D eigenvalue weighted by Crippen LogP contribution is 2.15. The summed E-state index contributed by atoms with van der Waals surface area (Å²) in [5.41, 5.74) is 2.45. The lowest BCUT2D eigenvalue weighted by Crippen LogP contribution is -2.21. The van der Waals surface area contributed by atoms with Gasteiger partial charge in [0.1, 0.15) is 0 Å². The molecule has 0 radical (unpaired) electrons. The van der Waals surface area contributed by atoms with Gasteiger partial charge in [0.05, 0.1) is 4.88 Å². The zero-order valence-electron chi connectivity index (χ0n) is 10.6. The van der Waals surface area contributed by atoms with E-state index in [1.165, 1.54) is 16.9 Å². The van der Waals surface area contributed by atoms with E-state index in [1.54, 1.807) is 0 Å². The Morgan fingerprint density at radius 1 is 1.22 bits per heavy atom. The molecule has 0 saturated carbocycles. The highest BCUT2D eigenvalue weighted by atomic mass is 32.1.